The van der Waals surface area contributed by atoms with Gasteiger partial charge in [-0.05, 0) is 92.4 Å². The second kappa shape index (κ2) is 9.60. The fourth-order valence-electron chi connectivity index (χ4n) is 4.17. The molecule has 2 aromatic carbocycles. The first kappa shape index (κ1) is 20.9. The minimum atomic E-state index is -4.28. The Labute approximate surface area is 166 Å². The molecule has 2 aromatic rings. The van der Waals surface area contributed by atoms with Crippen LogP contribution in [0.5, 0.6) is 0 Å². The van der Waals surface area contributed by atoms with Crippen molar-refractivity contribution in [3.63, 3.8) is 0 Å². The molecule has 0 spiro atoms. The average Bonchev–Trinajstić information content (AvgIpc) is 2.68. The molecule has 1 aliphatic rings. The van der Waals surface area contributed by atoms with Crippen LogP contribution in [0.2, 0.25) is 0 Å². The molecule has 4 heteroatoms. The minimum Gasteiger partial charge on any atom is -0.317 e. The van der Waals surface area contributed by atoms with Gasteiger partial charge in [-0.2, -0.15) is 13.2 Å². The van der Waals surface area contributed by atoms with Crippen LogP contribution in [0, 0.1) is 12.8 Å². The van der Waals surface area contributed by atoms with Crippen molar-refractivity contribution in [3.8, 4) is 0 Å². The fraction of sp³-hybridized carbons (Fsp3) is 0.500. The first-order chi connectivity index (χ1) is 13.4. The molecule has 152 valence electrons. The number of piperidine rings is 1. The van der Waals surface area contributed by atoms with Crippen molar-refractivity contribution in [3.05, 3.63) is 70.3 Å². The SMILES string of the molecule is Cc1cc(C(F)(F)F)ccc1Cc1ccccc1CCCCC1CCNCC1. The van der Waals surface area contributed by atoms with E-state index in [4.69, 9.17) is 0 Å². The second-order valence-electron chi connectivity index (χ2n) is 8.02. The third-order valence-electron chi connectivity index (χ3n) is 5.94. The van der Waals surface area contributed by atoms with E-state index in [9.17, 15) is 13.2 Å². The highest BCUT2D eigenvalue weighted by molar-refractivity contribution is 5.38. The third-order valence-corrected chi connectivity index (χ3v) is 5.94. The third kappa shape index (κ3) is 5.84. The second-order valence-corrected chi connectivity index (χ2v) is 8.02. The number of alkyl halides is 3. The van der Waals surface area contributed by atoms with Crippen molar-refractivity contribution in [2.75, 3.05) is 13.1 Å². The van der Waals surface area contributed by atoms with E-state index in [1.54, 1.807) is 13.0 Å². The first-order valence-electron chi connectivity index (χ1n) is 10.4. The largest absolute Gasteiger partial charge is 0.416 e. The van der Waals surface area contributed by atoms with Gasteiger partial charge < -0.3 is 5.32 Å². The Hall–Kier alpha value is -1.81. The summed E-state index contributed by atoms with van der Waals surface area (Å²) >= 11 is 0. The van der Waals surface area contributed by atoms with Crippen molar-refractivity contribution in [2.45, 2.75) is 58.0 Å². The molecule has 0 atom stereocenters. The van der Waals surface area contributed by atoms with Crippen molar-refractivity contribution in [1.29, 1.82) is 0 Å². The topological polar surface area (TPSA) is 12.0 Å². The van der Waals surface area contributed by atoms with Crippen LogP contribution in [0.15, 0.2) is 42.5 Å². The zero-order valence-corrected chi connectivity index (χ0v) is 16.6. The Bertz CT molecular complexity index is 761. The summed E-state index contributed by atoms with van der Waals surface area (Å²) < 4.78 is 38.7. The molecule has 1 N–H and O–H groups in total. The Morgan fingerprint density at radius 1 is 0.929 bits per heavy atom. The fourth-order valence-corrected chi connectivity index (χ4v) is 4.17. The predicted octanol–water partition coefficient (Wildman–Crippen LogP) is 6.32. The van der Waals surface area contributed by atoms with Gasteiger partial charge in [-0.15, -0.1) is 0 Å². The van der Waals surface area contributed by atoms with E-state index in [0.717, 1.165) is 31.0 Å². The highest BCUT2D eigenvalue weighted by Crippen LogP contribution is 2.31. The lowest BCUT2D eigenvalue weighted by atomic mass is 9.90. The highest BCUT2D eigenvalue weighted by Gasteiger charge is 2.30. The number of hydrogen-bond acceptors (Lipinski definition) is 1. The van der Waals surface area contributed by atoms with Crippen LogP contribution < -0.4 is 5.32 Å². The van der Waals surface area contributed by atoms with Crippen LogP contribution in [0.4, 0.5) is 13.2 Å². The molecular formula is C24H30F3N. The zero-order valence-electron chi connectivity index (χ0n) is 16.6. The molecule has 1 aliphatic heterocycles. The van der Waals surface area contributed by atoms with Gasteiger partial charge in [0.25, 0.3) is 0 Å². The van der Waals surface area contributed by atoms with E-state index in [1.807, 2.05) is 6.07 Å². The van der Waals surface area contributed by atoms with Crippen molar-refractivity contribution < 1.29 is 13.2 Å². The van der Waals surface area contributed by atoms with Crippen molar-refractivity contribution in [2.24, 2.45) is 5.92 Å². The van der Waals surface area contributed by atoms with Gasteiger partial charge >= 0.3 is 6.18 Å². The maximum Gasteiger partial charge on any atom is 0.416 e. The van der Waals surface area contributed by atoms with E-state index in [2.05, 4.69) is 23.5 Å². The standard InChI is InChI=1S/C24H30F3N/c1-18-16-23(24(25,26)27)11-10-21(18)17-22-9-5-4-8-20(22)7-3-2-6-19-12-14-28-15-13-19/h4-5,8-11,16,19,28H,2-3,6-7,12-15,17H2,1H3. The molecule has 0 saturated carbocycles. The Balaban J connectivity index is 1.59. The van der Waals surface area contributed by atoms with Crippen molar-refractivity contribution >= 4 is 0 Å². The van der Waals surface area contributed by atoms with Gasteiger partial charge in [-0.25, -0.2) is 0 Å². The molecule has 1 saturated heterocycles. The van der Waals surface area contributed by atoms with E-state index < -0.39 is 11.7 Å². The molecule has 0 amide bonds. The number of aryl methyl sites for hydroxylation is 2. The van der Waals surface area contributed by atoms with Crippen LogP contribution >= 0.6 is 0 Å². The monoisotopic (exact) mass is 389 g/mol. The van der Waals surface area contributed by atoms with Crippen LogP contribution in [0.25, 0.3) is 0 Å². The molecule has 0 aromatic heterocycles. The number of unbranched alkanes of at least 4 members (excludes halogenated alkanes) is 1. The van der Waals surface area contributed by atoms with E-state index >= 15 is 0 Å². The molecule has 0 radical (unpaired) electrons. The van der Waals surface area contributed by atoms with E-state index in [1.165, 1.54) is 55.4 Å². The summed E-state index contributed by atoms with van der Waals surface area (Å²) in [6, 6.07) is 12.4. The molecular weight excluding hydrogens is 359 g/mol. The summed E-state index contributed by atoms with van der Waals surface area (Å²) in [4.78, 5) is 0. The van der Waals surface area contributed by atoms with E-state index in [0.29, 0.717) is 12.0 Å². The van der Waals surface area contributed by atoms with Gasteiger partial charge in [-0.3, -0.25) is 0 Å². The van der Waals surface area contributed by atoms with Gasteiger partial charge in [0, 0.05) is 0 Å². The molecule has 1 heterocycles. The number of nitrogens with one attached hydrogen (secondary N) is 1. The summed E-state index contributed by atoms with van der Waals surface area (Å²) in [7, 11) is 0. The average molecular weight is 390 g/mol. The first-order valence-corrected chi connectivity index (χ1v) is 10.4. The Morgan fingerprint density at radius 3 is 2.32 bits per heavy atom. The summed E-state index contributed by atoms with van der Waals surface area (Å²) in [6.45, 7) is 4.08. The molecule has 0 bridgehead atoms. The number of hydrogen-bond donors (Lipinski definition) is 1. The summed E-state index contributed by atoms with van der Waals surface area (Å²) in [5.41, 5.74) is 3.66. The number of rotatable bonds is 7. The Morgan fingerprint density at radius 2 is 1.64 bits per heavy atom. The summed E-state index contributed by atoms with van der Waals surface area (Å²) in [5.74, 6) is 0.867. The van der Waals surface area contributed by atoms with Crippen LogP contribution in [0.3, 0.4) is 0 Å². The lowest BCUT2D eigenvalue weighted by molar-refractivity contribution is -0.137. The highest BCUT2D eigenvalue weighted by atomic mass is 19.4. The van der Waals surface area contributed by atoms with Gasteiger partial charge in [0.2, 0.25) is 0 Å². The van der Waals surface area contributed by atoms with Gasteiger partial charge in [0.1, 0.15) is 0 Å². The smallest absolute Gasteiger partial charge is 0.317 e. The van der Waals surface area contributed by atoms with Crippen LogP contribution in [-0.4, -0.2) is 13.1 Å². The summed E-state index contributed by atoms with van der Waals surface area (Å²) in [5, 5.41) is 3.42. The lowest BCUT2D eigenvalue weighted by Gasteiger charge is -2.22. The minimum absolute atomic E-state index is 0.569. The zero-order chi connectivity index (χ0) is 20.0. The number of halogens is 3. The summed E-state index contributed by atoms with van der Waals surface area (Å²) in [6.07, 6.45) is 3.77. The molecule has 3 rings (SSSR count). The predicted molar refractivity (Wildman–Crippen MR) is 109 cm³/mol. The van der Waals surface area contributed by atoms with Gasteiger partial charge in [0.15, 0.2) is 0 Å². The van der Waals surface area contributed by atoms with E-state index in [-0.39, 0.29) is 0 Å². The molecule has 0 unspecified atom stereocenters. The molecule has 1 nitrogen and oxygen atoms in total. The quantitative estimate of drug-likeness (QED) is 0.547. The molecule has 1 fully saturated rings. The molecule has 28 heavy (non-hydrogen) atoms. The lowest BCUT2D eigenvalue weighted by Crippen LogP contribution is -2.27. The maximum atomic E-state index is 12.9. The Kier molecular flexibility index (Phi) is 7.17. The van der Waals surface area contributed by atoms with Gasteiger partial charge in [0.05, 0.1) is 5.56 Å². The van der Waals surface area contributed by atoms with Gasteiger partial charge in [-0.1, -0.05) is 43.2 Å². The normalized spacial score (nSPS) is 15.7. The maximum absolute atomic E-state index is 12.9. The van der Waals surface area contributed by atoms with Crippen molar-refractivity contribution in [1.82, 2.24) is 5.32 Å². The molecule has 0 aliphatic carbocycles. The van der Waals surface area contributed by atoms with Crippen LogP contribution in [0.1, 0.15) is 59.9 Å². The number of benzene rings is 2. The van der Waals surface area contributed by atoms with Crippen LogP contribution in [-0.2, 0) is 19.0 Å².